The van der Waals surface area contributed by atoms with Gasteiger partial charge >= 0.3 is 0 Å². The number of anilines is 1. The lowest BCUT2D eigenvalue weighted by molar-refractivity contribution is 0.102. The Morgan fingerprint density at radius 2 is 2.00 bits per heavy atom. The third-order valence-electron chi connectivity index (χ3n) is 4.14. The van der Waals surface area contributed by atoms with Gasteiger partial charge < -0.3 is 14.3 Å². The van der Waals surface area contributed by atoms with Gasteiger partial charge in [-0.1, -0.05) is 6.07 Å². The number of aryl methyl sites for hydroxylation is 2. The zero-order valence-electron chi connectivity index (χ0n) is 13.9. The monoisotopic (exact) mass is 326 g/mol. The van der Waals surface area contributed by atoms with Gasteiger partial charge in [0.15, 0.2) is 0 Å². The van der Waals surface area contributed by atoms with Gasteiger partial charge in [0.1, 0.15) is 11.6 Å². The van der Waals surface area contributed by atoms with Gasteiger partial charge in [-0.2, -0.15) is 0 Å². The second-order valence-corrected chi connectivity index (χ2v) is 5.87. The lowest BCUT2D eigenvalue weighted by atomic mass is 10.2. The molecule has 2 aromatic heterocycles. The van der Waals surface area contributed by atoms with Crippen LogP contribution in [0.4, 0.5) is 10.1 Å². The minimum Gasteiger partial charge on any atom is -0.467 e. The number of hydrogen-bond acceptors (Lipinski definition) is 2. The van der Waals surface area contributed by atoms with Crippen LogP contribution in [-0.4, -0.2) is 10.5 Å². The Kier molecular flexibility index (Phi) is 4.25. The average molecular weight is 326 g/mol. The number of carbonyl (C=O) groups excluding carboxylic acids is 1. The zero-order chi connectivity index (χ0) is 17.3. The summed E-state index contributed by atoms with van der Waals surface area (Å²) in [5.41, 5.74) is 3.36. The van der Waals surface area contributed by atoms with E-state index in [-0.39, 0.29) is 11.7 Å². The Bertz CT molecular complexity index is 879. The quantitative estimate of drug-likeness (QED) is 0.770. The molecule has 0 bridgehead atoms. The maximum absolute atomic E-state index is 13.6. The number of nitrogens with zero attached hydrogens (tertiary/aromatic N) is 1. The van der Waals surface area contributed by atoms with Crippen molar-refractivity contribution in [1.82, 2.24) is 4.57 Å². The van der Waals surface area contributed by atoms with Crippen LogP contribution in [0.3, 0.4) is 0 Å². The molecule has 1 aromatic carbocycles. The minimum atomic E-state index is -0.337. The fourth-order valence-electron chi connectivity index (χ4n) is 2.70. The summed E-state index contributed by atoms with van der Waals surface area (Å²) in [4.78, 5) is 12.5. The van der Waals surface area contributed by atoms with Crippen molar-refractivity contribution in [3.05, 3.63) is 76.8 Å². The van der Waals surface area contributed by atoms with Crippen LogP contribution in [0.5, 0.6) is 0 Å². The Morgan fingerprint density at radius 1 is 1.21 bits per heavy atom. The summed E-state index contributed by atoms with van der Waals surface area (Å²) < 4.78 is 21.0. The van der Waals surface area contributed by atoms with Gasteiger partial charge in [-0.15, -0.1) is 0 Å². The first-order chi connectivity index (χ1) is 11.5. The van der Waals surface area contributed by atoms with Gasteiger partial charge in [0, 0.05) is 17.1 Å². The van der Waals surface area contributed by atoms with E-state index in [1.807, 2.05) is 36.6 Å². The van der Waals surface area contributed by atoms with E-state index in [0.717, 1.165) is 17.1 Å². The number of amides is 1. The maximum atomic E-state index is 13.6. The zero-order valence-corrected chi connectivity index (χ0v) is 13.9. The van der Waals surface area contributed by atoms with Crippen molar-refractivity contribution >= 4 is 11.6 Å². The van der Waals surface area contributed by atoms with E-state index in [1.165, 1.54) is 6.07 Å². The summed E-state index contributed by atoms with van der Waals surface area (Å²) in [6.45, 7) is 6.08. The molecule has 1 amide bonds. The number of nitrogens with one attached hydrogen (secondary N) is 1. The molecule has 0 saturated heterocycles. The molecule has 0 saturated carbocycles. The van der Waals surface area contributed by atoms with Gasteiger partial charge in [-0.3, -0.25) is 4.79 Å². The molecule has 5 heteroatoms. The predicted octanol–water partition coefficient (Wildman–Crippen LogP) is 4.45. The lowest BCUT2D eigenvalue weighted by Gasteiger charge is -2.09. The molecule has 4 nitrogen and oxygen atoms in total. The molecule has 124 valence electrons. The molecule has 3 aromatic rings. The molecule has 0 atom stereocenters. The highest BCUT2D eigenvalue weighted by Crippen LogP contribution is 2.20. The van der Waals surface area contributed by atoms with E-state index >= 15 is 0 Å². The van der Waals surface area contributed by atoms with Crippen molar-refractivity contribution in [1.29, 1.82) is 0 Å². The van der Waals surface area contributed by atoms with Crippen LogP contribution in [0.15, 0.2) is 47.1 Å². The van der Waals surface area contributed by atoms with Gasteiger partial charge in [-0.25, -0.2) is 4.39 Å². The number of aromatic nitrogens is 1. The summed E-state index contributed by atoms with van der Waals surface area (Å²) >= 11 is 0. The normalized spacial score (nSPS) is 10.8. The van der Waals surface area contributed by atoms with Crippen LogP contribution >= 0.6 is 0 Å². The summed E-state index contributed by atoms with van der Waals surface area (Å²) in [5, 5.41) is 2.75. The fraction of sp³-hybridized carbons (Fsp3) is 0.211. The second-order valence-electron chi connectivity index (χ2n) is 5.87. The summed E-state index contributed by atoms with van der Waals surface area (Å²) in [7, 11) is 0. The number of furan rings is 1. The molecule has 2 heterocycles. The van der Waals surface area contributed by atoms with E-state index in [4.69, 9.17) is 4.42 Å². The number of benzene rings is 1. The third-order valence-corrected chi connectivity index (χ3v) is 4.14. The summed E-state index contributed by atoms with van der Waals surface area (Å²) in [6, 6.07) is 10.2. The molecule has 24 heavy (non-hydrogen) atoms. The molecule has 0 aliphatic carbocycles. The van der Waals surface area contributed by atoms with Crippen molar-refractivity contribution in [3.8, 4) is 0 Å². The first kappa shape index (κ1) is 16.1. The highest BCUT2D eigenvalue weighted by molar-refractivity contribution is 6.05. The van der Waals surface area contributed by atoms with E-state index in [9.17, 15) is 9.18 Å². The molecule has 0 radical (unpaired) electrons. The maximum Gasteiger partial charge on any atom is 0.257 e. The van der Waals surface area contributed by atoms with Crippen LogP contribution in [0.2, 0.25) is 0 Å². The summed E-state index contributed by atoms with van der Waals surface area (Å²) in [6.07, 6.45) is 1.63. The van der Waals surface area contributed by atoms with Gasteiger partial charge in [0.05, 0.1) is 18.4 Å². The van der Waals surface area contributed by atoms with Crippen LogP contribution in [0.25, 0.3) is 0 Å². The van der Waals surface area contributed by atoms with E-state index in [1.54, 1.807) is 25.3 Å². The smallest absolute Gasteiger partial charge is 0.257 e. The molecule has 0 unspecified atom stereocenters. The van der Waals surface area contributed by atoms with Crippen molar-refractivity contribution < 1.29 is 13.6 Å². The molecular weight excluding hydrogens is 307 g/mol. The lowest BCUT2D eigenvalue weighted by Crippen LogP contribution is -2.13. The van der Waals surface area contributed by atoms with Crippen LogP contribution in [0, 0.1) is 26.6 Å². The van der Waals surface area contributed by atoms with Crippen LogP contribution in [0.1, 0.15) is 33.1 Å². The largest absolute Gasteiger partial charge is 0.467 e. The van der Waals surface area contributed by atoms with Gasteiger partial charge in [-0.05, 0) is 56.7 Å². The molecule has 3 rings (SSSR count). The van der Waals surface area contributed by atoms with E-state index < -0.39 is 0 Å². The van der Waals surface area contributed by atoms with Crippen molar-refractivity contribution in [2.75, 3.05) is 5.32 Å². The molecule has 1 N–H and O–H groups in total. The minimum absolute atomic E-state index is 0.253. The molecule has 0 fully saturated rings. The Morgan fingerprint density at radius 3 is 2.67 bits per heavy atom. The topological polar surface area (TPSA) is 47.2 Å². The fourth-order valence-corrected chi connectivity index (χ4v) is 2.70. The Hall–Kier alpha value is -2.82. The van der Waals surface area contributed by atoms with E-state index in [2.05, 4.69) is 5.32 Å². The Labute approximate surface area is 139 Å². The molecular formula is C19H19FN2O2. The second kappa shape index (κ2) is 6.35. The standard InChI is InChI=1S/C19H19FN2O2/c1-12-6-7-15(10-18(12)20)21-19(23)17-9-13(2)22(14(17)3)11-16-5-4-8-24-16/h4-10H,11H2,1-3H3,(H,21,23). The van der Waals surface area contributed by atoms with Crippen molar-refractivity contribution in [2.45, 2.75) is 27.3 Å². The van der Waals surface area contributed by atoms with Crippen molar-refractivity contribution in [2.24, 2.45) is 0 Å². The van der Waals surface area contributed by atoms with Gasteiger partial charge in [0.2, 0.25) is 0 Å². The average Bonchev–Trinajstić information content (AvgIpc) is 3.14. The number of halogens is 1. The van der Waals surface area contributed by atoms with E-state index in [0.29, 0.717) is 23.4 Å². The molecule has 0 aliphatic rings. The van der Waals surface area contributed by atoms with Gasteiger partial charge in [0.25, 0.3) is 5.91 Å². The third kappa shape index (κ3) is 3.11. The first-order valence-electron chi connectivity index (χ1n) is 7.72. The highest BCUT2D eigenvalue weighted by Gasteiger charge is 2.17. The molecule has 0 aliphatic heterocycles. The van der Waals surface area contributed by atoms with Crippen LogP contribution < -0.4 is 5.32 Å². The SMILES string of the molecule is Cc1ccc(NC(=O)c2cc(C)n(Cc3ccco3)c2C)cc1F. The predicted molar refractivity (Wildman–Crippen MR) is 90.8 cm³/mol. The first-order valence-corrected chi connectivity index (χ1v) is 7.72. The number of hydrogen-bond donors (Lipinski definition) is 1. The highest BCUT2D eigenvalue weighted by atomic mass is 19.1. The Balaban J connectivity index is 1.83. The summed E-state index contributed by atoms with van der Waals surface area (Å²) in [5.74, 6) is 0.234. The van der Waals surface area contributed by atoms with Crippen LogP contribution in [-0.2, 0) is 6.54 Å². The number of rotatable bonds is 4. The van der Waals surface area contributed by atoms with Crippen molar-refractivity contribution in [3.63, 3.8) is 0 Å². The number of carbonyl (C=O) groups is 1. The molecule has 0 spiro atoms.